The molecule has 0 radical (unpaired) electrons. The molecule has 0 saturated heterocycles. The number of hydrogen-bond acceptors (Lipinski definition) is 5. The van der Waals surface area contributed by atoms with E-state index >= 15 is 0 Å². The van der Waals surface area contributed by atoms with Crippen LogP contribution in [-0.2, 0) is 0 Å². The minimum atomic E-state index is -0.424. The third-order valence-electron chi connectivity index (χ3n) is 3.66. The Morgan fingerprint density at radius 2 is 2.00 bits per heavy atom. The summed E-state index contributed by atoms with van der Waals surface area (Å²) in [4.78, 5) is 12.4. The van der Waals surface area contributed by atoms with Crippen molar-refractivity contribution in [2.75, 3.05) is 5.32 Å². The molecule has 0 aliphatic heterocycles. The minimum Gasteiger partial charge on any atom is -0.350 e. The van der Waals surface area contributed by atoms with Gasteiger partial charge in [0.25, 0.3) is 5.69 Å². The first-order chi connectivity index (χ1) is 12.0. The molecule has 0 unspecified atom stereocenters. The number of halogens is 1. The molecule has 0 aliphatic rings. The van der Waals surface area contributed by atoms with Gasteiger partial charge in [0.15, 0.2) is 0 Å². The van der Waals surface area contributed by atoms with Crippen molar-refractivity contribution in [2.45, 2.75) is 6.92 Å². The molecule has 0 aliphatic carbocycles. The van der Waals surface area contributed by atoms with Crippen molar-refractivity contribution in [3.05, 3.63) is 85.1 Å². The van der Waals surface area contributed by atoms with Gasteiger partial charge in [-0.1, -0.05) is 36.0 Å². The molecule has 0 amide bonds. The monoisotopic (exact) mass is 388 g/mol. The molecule has 3 aromatic rings. The Kier molecular flexibility index (Phi) is 5.13. The van der Waals surface area contributed by atoms with Gasteiger partial charge in [0, 0.05) is 22.2 Å². The average Bonchev–Trinajstić information content (AvgIpc) is 3.01. The highest BCUT2D eigenvalue weighted by Crippen LogP contribution is 2.31. The van der Waals surface area contributed by atoms with E-state index in [4.69, 9.17) is 23.8 Å². The molecule has 1 heterocycles. The normalized spacial score (nSPS) is 10.5. The molecule has 0 atom stereocenters. The number of rotatable bonds is 5. The van der Waals surface area contributed by atoms with Crippen LogP contribution in [0.5, 0.6) is 0 Å². The number of anilines is 2. The summed E-state index contributed by atoms with van der Waals surface area (Å²) in [6.45, 7) is 2.01. The van der Waals surface area contributed by atoms with Crippen LogP contribution in [0.25, 0.3) is 0 Å². The van der Waals surface area contributed by atoms with Crippen LogP contribution in [0, 0.1) is 17.0 Å². The van der Waals surface area contributed by atoms with E-state index < -0.39 is 4.92 Å². The van der Waals surface area contributed by atoms with E-state index in [0.29, 0.717) is 21.3 Å². The Labute approximate surface area is 159 Å². The highest BCUT2D eigenvalue weighted by molar-refractivity contribution is 7.81. The van der Waals surface area contributed by atoms with Crippen LogP contribution in [-0.4, -0.2) is 9.79 Å². The summed E-state index contributed by atoms with van der Waals surface area (Å²) < 4.78 is 0. The first-order valence-corrected chi connectivity index (χ1v) is 9.02. The fourth-order valence-corrected chi connectivity index (χ4v) is 4.09. The number of nitro groups is 1. The van der Waals surface area contributed by atoms with E-state index in [1.807, 2.05) is 30.5 Å². The highest BCUT2D eigenvalue weighted by atomic mass is 35.5. The van der Waals surface area contributed by atoms with Gasteiger partial charge in [-0.15, -0.1) is 11.3 Å². The van der Waals surface area contributed by atoms with Crippen LogP contribution >= 0.6 is 35.2 Å². The van der Waals surface area contributed by atoms with E-state index in [1.54, 1.807) is 35.6 Å². The van der Waals surface area contributed by atoms with Gasteiger partial charge >= 0.3 is 0 Å². The molecular weight excluding hydrogens is 376 g/mol. The standard InChI is InChI=1S/C18H13ClN2O2S2/c1-11-8-9-25-18(11)17(24)13-7-6-12(10-14(13)19)20-15-4-2-3-5-16(15)21(22)23/h2-10,20H,1H3. The summed E-state index contributed by atoms with van der Waals surface area (Å²) in [5, 5.41) is 16.6. The van der Waals surface area contributed by atoms with Gasteiger partial charge in [-0.2, -0.15) is 0 Å². The van der Waals surface area contributed by atoms with Gasteiger partial charge in [0.1, 0.15) is 5.69 Å². The van der Waals surface area contributed by atoms with Gasteiger partial charge in [-0.05, 0) is 48.2 Å². The first-order valence-electron chi connectivity index (χ1n) is 7.36. The second kappa shape index (κ2) is 7.31. The Hall–Kier alpha value is -2.28. The summed E-state index contributed by atoms with van der Waals surface area (Å²) in [6.07, 6.45) is 0. The molecule has 0 saturated carbocycles. The van der Waals surface area contributed by atoms with Gasteiger partial charge in [0.05, 0.1) is 14.8 Å². The topological polar surface area (TPSA) is 55.2 Å². The zero-order valence-corrected chi connectivity index (χ0v) is 15.5. The predicted octanol–water partition coefficient (Wildman–Crippen LogP) is 6.13. The van der Waals surface area contributed by atoms with Crippen molar-refractivity contribution >= 4 is 57.1 Å². The molecule has 3 rings (SSSR count). The Bertz CT molecular complexity index is 969. The number of hydrogen-bond donors (Lipinski definition) is 1. The molecule has 0 bridgehead atoms. The van der Waals surface area contributed by atoms with Crippen molar-refractivity contribution in [3.8, 4) is 0 Å². The average molecular weight is 389 g/mol. The molecule has 2 aromatic carbocycles. The highest BCUT2D eigenvalue weighted by Gasteiger charge is 2.15. The number of para-hydroxylation sites is 2. The Morgan fingerprint density at radius 3 is 2.64 bits per heavy atom. The molecule has 0 fully saturated rings. The van der Waals surface area contributed by atoms with E-state index in [9.17, 15) is 10.1 Å². The fraction of sp³-hybridized carbons (Fsp3) is 0.0556. The van der Waals surface area contributed by atoms with Crippen LogP contribution in [0.3, 0.4) is 0 Å². The largest absolute Gasteiger partial charge is 0.350 e. The van der Waals surface area contributed by atoms with E-state index in [-0.39, 0.29) is 5.69 Å². The number of nitro benzene ring substituents is 1. The molecule has 25 heavy (non-hydrogen) atoms. The Balaban J connectivity index is 1.90. The first kappa shape index (κ1) is 17.5. The summed E-state index contributed by atoms with van der Waals surface area (Å²) in [5.74, 6) is 0. The van der Waals surface area contributed by atoms with Crippen molar-refractivity contribution in [3.63, 3.8) is 0 Å². The minimum absolute atomic E-state index is 0.00688. The quantitative estimate of drug-likeness (QED) is 0.247. The maximum Gasteiger partial charge on any atom is 0.292 e. The lowest BCUT2D eigenvalue weighted by atomic mass is 10.1. The zero-order chi connectivity index (χ0) is 18.0. The molecular formula is C18H13ClN2O2S2. The van der Waals surface area contributed by atoms with Crippen molar-refractivity contribution in [2.24, 2.45) is 0 Å². The smallest absolute Gasteiger partial charge is 0.292 e. The molecule has 1 N–H and O–H groups in total. The summed E-state index contributed by atoms with van der Waals surface area (Å²) >= 11 is 13.5. The molecule has 126 valence electrons. The predicted molar refractivity (Wildman–Crippen MR) is 108 cm³/mol. The summed E-state index contributed by atoms with van der Waals surface area (Å²) in [6, 6.07) is 13.9. The van der Waals surface area contributed by atoms with Gasteiger partial charge in [-0.25, -0.2) is 0 Å². The van der Waals surface area contributed by atoms with E-state index in [2.05, 4.69) is 5.32 Å². The molecule has 4 nitrogen and oxygen atoms in total. The van der Waals surface area contributed by atoms with Crippen LogP contribution in [0.1, 0.15) is 16.0 Å². The summed E-state index contributed by atoms with van der Waals surface area (Å²) in [5.41, 5.74) is 2.97. The van der Waals surface area contributed by atoms with Crippen LogP contribution in [0.2, 0.25) is 5.02 Å². The maximum absolute atomic E-state index is 11.1. The number of thiophene rings is 1. The number of benzene rings is 2. The number of nitrogens with zero attached hydrogens (tertiary/aromatic N) is 1. The molecule has 7 heteroatoms. The number of nitrogens with one attached hydrogen (secondary N) is 1. The second-order valence-corrected chi connectivity index (χ2v) is 7.09. The molecule has 1 aromatic heterocycles. The van der Waals surface area contributed by atoms with Crippen molar-refractivity contribution in [1.29, 1.82) is 0 Å². The zero-order valence-electron chi connectivity index (χ0n) is 13.2. The van der Waals surface area contributed by atoms with Gasteiger partial charge in [0.2, 0.25) is 0 Å². The van der Waals surface area contributed by atoms with E-state index in [0.717, 1.165) is 16.0 Å². The van der Waals surface area contributed by atoms with Gasteiger partial charge < -0.3 is 5.32 Å². The number of aryl methyl sites for hydroxylation is 1. The third kappa shape index (κ3) is 3.71. The maximum atomic E-state index is 11.1. The SMILES string of the molecule is Cc1ccsc1C(=S)c1ccc(Nc2ccccc2[N+](=O)[O-])cc1Cl. The second-order valence-electron chi connectivity index (χ2n) is 5.36. The van der Waals surface area contributed by atoms with Gasteiger partial charge in [-0.3, -0.25) is 10.1 Å². The number of thiocarbonyl (C=S) groups is 1. The van der Waals surface area contributed by atoms with Crippen molar-refractivity contribution < 1.29 is 4.92 Å². The lowest BCUT2D eigenvalue weighted by molar-refractivity contribution is -0.383. The van der Waals surface area contributed by atoms with Crippen LogP contribution < -0.4 is 5.32 Å². The van der Waals surface area contributed by atoms with Crippen LogP contribution in [0.4, 0.5) is 17.1 Å². The van der Waals surface area contributed by atoms with Crippen molar-refractivity contribution in [1.82, 2.24) is 0 Å². The van der Waals surface area contributed by atoms with E-state index in [1.165, 1.54) is 6.07 Å². The third-order valence-corrected chi connectivity index (χ3v) is 5.56. The fourth-order valence-electron chi connectivity index (χ4n) is 2.40. The Morgan fingerprint density at radius 1 is 1.24 bits per heavy atom. The molecule has 0 spiro atoms. The summed E-state index contributed by atoms with van der Waals surface area (Å²) in [7, 11) is 0. The lowest BCUT2D eigenvalue weighted by Gasteiger charge is -2.11. The van der Waals surface area contributed by atoms with Crippen LogP contribution in [0.15, 0.2) is 53.9 Å². The lowest BCUT2D eigenvalue weighted by Crippen LogP contribution is -2.01.